The first kappa shape index (κ1) is 29.4. The minimum absolute atomic E-state index is 0.0585. The normalized spacial score (nSPS) is 20.6. The van der Waals surface area contributed by atoms with E-state index in [0.717, 1.165) is 25.7 Å². The summed E-state index contributed by atoms with van der Waals surface area (Å²) in [6.45, 7) is 0.582. The fraction of sp³-hybridized carbons (Fsp3) is 0.643. The lowest BCUT2D eigenvalue weighted by Gasteiger charge is -2.33. The van der Waals surface area contributed by atoms with E-state index >= 15 is 0 Å². The third kappa shape index (κ3) is 7.29. The SMILES string of the molecule is O=C(CCC(F)(F)F)N[C@H](c1ccn2cc([C@@H](NC(=O)c3ncnn3CC3CC3)C3CCC(F)(F)CC3)nc2n1)C1CC1. The van der Waals surface area contributed by atoms with Crippen molar-refractivity contribution in [3.05, 3.63) is 42.0 Å². The molecule has 2 amide bonds. The Labute approximate surface area is 243 Å². The van der Waals surface area contributed by atoms with Crippen LogP contribution in [0.3, 0.4) is 0 Å². The van der Waals surface area contributed by atoms with Gasteiger partial charge in [-0.2, -0.15) is 18.3 Å². The Morgan fingerprint density at radius 3 is 2.33 bits per heavy atom. The fourth-order valence-corrected chi connectivity index (χ4v) is 5.74. The molecule has 3 aromatic rings. The highest BCUT2D eigenvalue weighted by Crippen LogP contribution is 2.42. The Balaban J connectivity index is 1.24. The zero-order valence-electron chi connectivity index (χ0n) is 23.4. The Kier molecular flexibility index (Phi) is 7.84. The molecule has 10 nitrogen and oxygen atoms in total. The number of imidazole rings is 1. The predicted octanol–water partition coefficient (Wildman–Crippen LogP) is 4.94. The van der Waals surface area contributed by atoms with Gasteiger partial charge in [0.15, 0.2) is 0 Å². The summed E-state index contributed by atoms with van der Waals surface area (Å²) in [5, 5.41) is 9.87. The number of amides is 2. The number of nitrogens with zero attached hydrogens (tertiary/aromatic N) is 6. The summed E-state index contributed by atoms with van der Waals surface area (Å²) in [5.41, 5.74) is 0.914. The minimum atomic E-state index is -4.43. The van der Waals surface area contributed by atoms with Crippen molar-refractivity contribution in [1.82, 2.24) is 39.8 Å². The molecule has 3 aliphatic rings. The van der Waals surface area contributed by atoms with Gasteiger partial charge in [0.05, 0.1) is 29.9 Å². The van der Waals surface area contributed by atoms with Crippen LogP contribution in [0.4, 0.5) is 22.0 Å². The smallest absolute Gasteiger partial charge is 0.347 e. The predicted molar refractivity (Wildman–Crippen MR) is 142 cm³/mol. The van der Waals surface area contributed by atoms with Crippen LogP contribution in [-0.4, -0.2) is 53.0 Å². The van der Waals surface area contributed by atoms with Gasteiger partial charge in [-0.15, -0.1) is 0 Å². The first-order chi connectivity index (χ1) is 20.4. The van der Waals surface area contributed by atoms with E-state index in [-0.39, 0.29) is 49.1 Å². The maximum Gasteiger partial charge on any atom is 0.389 e. The van der Waals surface area contributed by atoms with Gasteiger partial charge in [-0.25, -0.2) is 28.4 Å². The van der Waals surface area contributed by atoms with Crippen LogP contribution < -0.4 is 10.6 Å². The average Bonchev–Trinajstić information content (AvgIpc) is 3.87. The minimum Gasteiger partial charge on any atom is -0.347 e. The van der Waals surface area contributed by atoms with E-state index in [2.05, 4.69) is 30.7 Å². The second-order valence-electron chi connectivity index (χ2n) is 12.1. The van der Waals surface area contributed by atoms with Gasteiger partial charge in [0.25, 0.3) is 5.91 Å². The third-order valence-corrected chi connectivity index (χ3v) is 8.52. The van der Waals surface area contributed by atoms with Crippen LogP contribution in [0.15, 0.2) is 24.8 Å². The summed E-state index contributed by atoms with van der Waals surface area (Å²) >= 11 is 0. The monoisotopic (exact) mass is 608 g/mol. The van der Waals surface area contributed by atoms with Crippen molar-refractivity contribution in [2.24, 2.45) is 17.8 Å². The van der Waals surface area contributed by atoms with Crippen LogP contribution >= 0.6 is 0 Å². The molecule has 2 atom stereocenters. The van der Waals surface area contributed by atoms with Crippen molar-refractivity contribution in [3.63, 3.8) is 0 Å². The van der Waals surface area contributed by atoms with Crippen LogP contribution in [0.5, 0.6) is 0 Å². The number of halogens is 5. The maximum absolute atomic E-state index is 14.0. The molecule has 0 unspecified atom stereocenters. The molecule has 0 bridgehead atoms. The Morgan fingerprint density at radius 2 is 1.65 bits per heavy atom. The summed E-state index contributed by atoms with van der Waals surface area (Å²) in [4.78, 5) is 39.1. The third-order valence-electron chi connectivity index (χ3n) is 8.52. The topological polar surface area (TPSA) is 119 Å². The molecule has 0 radical (unpaired) electrons. The van der Waals surface area contributed by atoms with Gasteiger partial charge in [0, 0.05) is 38.2 Å². The molecule has 0 aliphatic heterocycles. The van der Waals surface area contributed by atoms with Crippen molar-refractivity contribution in [3.8, 4) is 0 Å². The van der Waals surface area contributed by atoms with E-state index in [1.54, 1.807) is 27.5 Å². The molecule has 3 heterocycles. The van der Waals surface area contributed by atoms with E-state index in [4.69, 9.17) is 0 Å². The van der Waals surface area contributed by atoms with Crippen molar-refractivity contribution in [2.75, 3.05) is 0 Å². The Morgan fingerprint density at radius 1 is 0.977 bits per heavy atom. The van der Waals surface area contributed by atoms with E-state index in [1.807, 2.05) is 0 Å². The molecule has 0 aromatic carbocycles. The summed E-state index contributed by atoms with van der Waals surface area (Å²) in [7, 11) is 0. The average molecular weight is 609 g/mol. The van der Waals surface area contributed by atoms with Crippen LogP contribution in [0.25, 0.3) is 5.78 Å². The highest BCUT2D eigenvalue weighted by atomic mass is 19.4. The zero-order valence-corrected chi connectivity index (χ0v) is 23.4. The lowest BCUT2D eigenvalue weighted by molar-refractivity contribution is -0.144. The molecular formula is C28H33F5N8O2. The Bertz CT molecular complexity index is 1470. The standard InChI is InChI=1S/C28H33F5N8O2/c29-27(30)9-5-18(6-10-27)23(39-25(43)24-34-15-35-41(24)13-16-1-2-16)20-14-40-12-8-19(36-26(40)37-20)22(17-3-4-17)38-21(42)7-11-28(31,32)33/h8,12,14-18,22-23H,1-7,9-11,13H2,(H,38,42)(H,39,43)/t22-,23-/m0/s1. The highest BCUT2D eigenvalue weighted by Gasteiger charge is 2.40. The number of aromatic nitrogens is 6. The molecule has 3 aliphatic carbocycles. The number of carbonyl (C=O) groups excluding carboxylic acids is 2. The van der Waals surface area contributed by atoms with Crippen molar-refractivity contribution in [1.29, 1.82) is 0 Å². The first-order valence-electron chi connectivity index (χ1n) is 14.7. The number of alkyl halides is 5. The van der Waals surface area contributed by atoms with E-state index < -0.39 is 48.8 Å². The fourth-order valence-electron chi connectivity index (χ4n) is 5.74. The van der Waals surface area contributed by atoms with Crippen LogP contribution in [-0.2, 0) is 11.3 Å². The van der Waals surface area contributed by atoms with Crippen molar-refractivity contribution >= 4 is 17.6 Å². The molecular weight excluding hydrogens is 575 g/mol. The van der Waals surface area contributed by atoms with Crippen LogP contribution in [0.1, 0.15) is 98.3 Å². The van der Waals surface area contributed by atoms with Gasteiger partial charge in [-0.1, -0.05) is 0 Å². The number of carbonyl (C=O) groups is 2. The van der Waals surface area contributed by atoms with Gasteiger partial charge in [-0.3, -0.25) is 14.0 Å². The molecule has 0 saturated heterocycles. The zero-order chi connectivity index (χ0) is 30.4. The number of nitrogens with one attached hydrogen (secondary N) is 2. The second-order valence-corrected chi connectivity index (χ2v) is 12.1. The summed E-state index contributed by atoms with van der Waals surface area (Å²) in [6.07, 6.45) is 1.92. The molecule has 3 fully saturated rings. The van der Waals surface area contributed by atoms with Gasteiger partial charge < -0.3 is 10.6 Å². The van der Waals surface area contributed by atoms with Gasteiger partial charge >= 0.3 is 6.18 Å². The molecule has 2 N–H and O–H groups in total. The van der Waals surface area contributed by atoms with E-state index in [1.165, 1.54) is 6.33 Å². The second kappa shape index (κ2) is 11.5. The molecule has 3 aromatic heterocycles. The number of fused-ring (bicyclic) bond motifs is 1. The number of hydrogen-bond acceptors (Lipinski definition) is 6. The van der Waals surface area contributed by atoms with Crippen LogP contribution in [0, 0.1) is 17.8 Å². The summed E-state index contributed by atoms with van der Waals surface area (Å²) in [5.74, 6) is -3.31. The quantitative estimate of drug-likeness (QED) is 0.298. The molecule has 43 heavy (non-hydrogen) atoms. The van der Waals surface area contributed by atoms with Crippen molar-refractivity contribution < 1.29 is 31.5 Å². The van der Waals surface area contributed by atoms with Gasteiger partial charge in [0.1, 0.15) is 6.33 Å². The molecule has 3 saturated carbocycles. The Hall–Kier alpha value is -3.65. The van der Waals surface area contributed by atoms with Crippen LogP contribution in [0.2, 0.25) is 0 Å². The summed E-state index contributed by atoms with van der Waals surface area (Å²) < 4.78 is 69.1. The van der Waals surface area contributed by atoms with Gasteiger partial charge in [-0.05, 0) is 62.3 Å². The lowest BCUT2D eigenvalue weighted by Crippen LogP contribution is -2.38. The van der Waals surface area contributed by atoms with E-state index in [9.17, 15) is 31.5 Å². The molecule has 0 spiro atoms. The largest absolute Gasteiger partial charge is 0.389 e. The first-order valence-corrected chi connectivity index (χ1v) is 14.7. The highest BCUT2D eigenvalue weighted by molar-refractivity contribution is 5.90. The molecule has 6 rings (SSSR count). The maximum atomic E-state index is 14.0. The number of rotatable bonds is 11. The van der Waals surface area contributed by atoms with E-state index in [0.29, 0.717) is 23.9 Å². The van der Waals surface area contributed by atoms with Crippen molar-refractivity contribution in [2.45, 2.75) is 94.9 Å². The number of hydrogen-bond donors (Lipinski definition) is 2. The lowest BCUT2D eigenvalue weighted by atomic mass is 9.81. The molecule has 232 valence electrons. The summed E-state index contributed by atoms with van der Waals surface area (Å²) in [6, 6.07) is 0.432. The molecule has 15 heteroatoms. The van der Waals surface area contributed by atoms with Gasteiger partial charge in [0.2, 0.25) is 23.4 Å².